The van der Waals surface area contributed by atoms with Gasteiger partial charge in [0.2, 0.25) is 5.91 Å². The molecule has 1 fully saturated rings. The number of aromatic nitrogens is 2. The van der Waals surface area contributed by atoms with Crippen molar-refractivity contribution in [2.45, 2.75) is 38.1 Å². The Morgan fingerprint density at radius 3 is 2.45 bits per heavy atom. The molecule has 0 spiro atoms. The molecule has 3 aromatic rings. The standard InChI is InChI=1S/C26H29N5O2/c1-30(18-19-10-9-11-20(16-19)33-2)26(32)21(17-27)24-25(31-14-7-3-4-8-15-31)29-23-13-6-5-12-22(23)28-24/h5-6,9-13,16,21H,3-4,7-8,14-15,18H2,1-2H3. The summed E-state index contributed by atoms with van der Waals surface area (Å²) >= 11 is 0. The van der Waals surface area contributed by atoms with Crippen molar-refractivity contribution in [2.75, 3.05) is 32.1 Å². The van der Waals surface area contributed by atoms with Gasteiger partial charge in [-0.2, -0.15) is 5.26 Å². The average Bonchev–Trinajstić information content (AvgIpc) is 3.13. The SMILES string of the molecule is COc1cccc(CN(C)C(=O)C(C#N)c2nc3ccccc3nc2N2CCCCCC2)c1. The molecular weight excluding hydrogens is 414 g/mol. The molecule has 1 aliphatic rings. The Bertz CT molecular complexity index is 1160. The predicted molar refractivity (Wildman–Crippen MR) is 128 cm³/mol. The topological polar surface area (TPSA) is 82.3 Å². The molecular formula is C26H29N5O2. The Labute approximate surface area is 194 Å². The molecule has 170 valence electrons. The highest BCUT2D eigenvalue weighted by molar-refractivity contribution is 5.88. The number of benzene rings is 2. The summed E-state index contributed by atoms with van der Waals surface area (Å²) in [6.07, 6.45) is 4.48. The van der Waals surface area contributed by atoms with Gasteiger partial charge in [-0.1, -0.05) is 37.1 Å². The van der Waals surface area contributed by atoms with Crippen LogP contribution in [0.2, 0.25) is 0 Å². The van der Waals surface area contributed by atoms with Crippen LogP contribution in [0, 0.1) is 11.3 Å². The summed E-state index contributed by atoms with van der Waals surface area (Å²) in [6, 6.07) is 17.4. The van der Waals surface area contributed by atoms with Crippen LogP contribution >= 0.6 is 0 Å². The first kappa shape index (κ1) is 22.5. The number of likely N-dealkylation sites (N-methyl/N-ethyl adjacent to an activating group) is 1. The quantitative estimate of drug-likeness (QED) is 0.565. The highest BCUT2D eigenvalue weighted by atomic mass is 16.5. The van der Waals surface area contributed by atoms with Crippen molar-refractivity contribution in [3.63, 3.8) is 0 Å². The van der Waals surface area contributed by atoms with Crippen molar-refractivity contribution in [1.29, 1.82) is 5.26 Å². The van der Waals surface area contributed by atoms with E-state index >= 15 is 0 Å². The Balaban J connectivity index is 1.69. The van der Waals surface area contributed by atoms with Gasteiger partial charge in [-0.05, 0) is 42.7 Å². The number of para-hydroxylation sites is 2. The lowest BCUT2D eigenvalue weighted by atomic mass is 10.0. The molecule has 7 heteroatoms. The van der Waals surface area contributed by atoms with Crippen LogP contribution in [0.1, 0.15) is 42.9 Å². The molecule has 1 atom stereocenters. The molecule has 2 aromatic carbocycles. The predicted octanol–water partition coefficient (Wildman–Crippen LogP) is 4.28. The molecule has 0 saturated carbocycles. The summed E-state index contributed by atoms with van der Waals surface area (Å²) in [5.41, 5.74) is 2.84. The first-order chi connectivity index (χ1) is 16.1. The van der Waals surface area contributed by atoms with Gasteiger partial charge in [-0.25, -0.2) is 9.97 Å². The van der Waals surface area contributed by atoms with Crippen LogP contribution in [0.3, 0.4) is 0 Å². The molecule has 1 amide bonds. The Hall–Kier alpha value is -3.66. The Morgan fingerprint density at radius 2 is 1.79 bits per heavy atom. The van der Waals surface area contributed by atoms with Crippen LogP contribution in [0.5, 0.6) is 5.75 Å². The van der Waals surface area contributed by atoms with Crippen LogP contribution in [0.25, 0.3) is 11.0 Å². The monoisotopic (exact) mass is 443 g/mol. The number of carbonyl (C=O) groups excluding carboxylic acids is 1. The van der Waals surface area contributed by atoms with E-state index < -0.39 is 5.92 Å². The summed E-state index contributed by atoms with van der Waals surface area (Å²) in [5, 5.41) is 10.1. The zero-order chi connectivity index (χ0) is 23.2. The van der Waals surface area contributed by atoms with Gasteiger partial charge in [-0.15, -0.1) is 0 Å². The fourth-order valence-corrected chi connectivity index (χ4v) is 4.29. The second-order valence-electron chi connectivity index (χ2n) is 8.43. The molecule has 33 heavy (non-hydrogen) atoms. The van der Waals surface area contributed by atoms with Gasteiger partial charge in [0, 0.05) is 26.7 Å². The third kappa shape index (κ3) is 5.06. The van der Waals surface area contributed by atoms with E-state index in [1.54, 1.807) is 19.1 Å². The minimum Gasteiger partial charge on any atom is -0.497 e. The summed E-state index contributed by atoms with van der Waals surface area (Å²) in [4.78, 5) is 26.9. The molecule has 1 saturated heterocycles. The Kier molecular flexibility index (Phi) is 7.04. The van der Waals surface area contributed by atoms with E-state index in [4.69, 9.17) is 14.7 Å². The van der Waals surface area contributed by atoms with Crippen molar-refractivity contribution in [3.05, 3.63) is 59.8 Å². The lowest BCUT2D eigenvalue weighted by Gasteiger charge is -2.26. The lowest BCUT2D eigenvalue weighted by Crippen LogP contribution is -2.33. The number of nitriles is 1. The average molecular weight is 444 g/mol. The smallest absolute Gasteiger partial charge is 0.246 e. The van der Waals surface area contributed by atoms with E-state index in [0.29, 0.717) is 23.6 Å². The summed E-state index contributed by atoms with van der Waals surface area (Å²) < 4.78 is 5.29. The van der Waals surface area contributed by atoms with E-state index in [1.807, 2.05) is 48.5 Å². The van der Waals surface area contributed by atoms with E-state index in [-0.39, 0.29) is 5.91 Å². The van der Waals surface area contributed by atoms with Crippen molar-refractivity contribution >= 4 is 22.8 Å². The molecule has 0 radical (unpaired) electrons. The second-order valence-corrected chi connectivity index (χ2v) is 8.43. The molecule has 1 aliphatic heterocycles. The van der Waals surface area contributed by atoms with Gasteiger partial charge in [0.05, 0.1) is 24.2 Å². The third-order valence-corrected chi connectivity index (χ3v) is 6.06. The van der Waals surface area contributed by atoms with Crippen molar-refractivity contribution in [1.82, 2.24) is 14.9 Å². The first-order valence-electron chi connectivity index (χ1n) is 11.4. The third-order valence-electron chi connectivity index (χ3n) is 6.06. The van der Waals surface area contributed by atoms with Crippen molar-refractivity contribution < 1.29 is 9.53 Å². The number of carbonyl (C=O) groups is 1. The number of amides is 1. The Morgan fingerprint density at radius 1 is 1.09 bits per heavy atom. The van der Waals surface area contributed by atoms with Crippen LogP contribution in [0.15, 0.2) is 48.5 Å². The normalized spacial score (nSPS) is 14.9. The lowest BCUT2D eigenvalue weighted by molar-refractivity contribution is -0.130. The van der Waals surface area contributed by atoms with Crippen molar-refractivity contribution in [2.24, 2.45) is 0 Å². The number of methoxy groups -OCH3 is 1. The van der Waals surface area contributed by atoms with Crippen LogP contribution in [-0.2, 0) is 11.3 Å². The first-order valence-corrected chi connectivity index (χ1v) is 11.4. The number of nitrogens with zero attached hydrogens (tertiary/aromatic N) is 5. The summed E-state index contributed by atoms with van der Waals surface area (Å²) in [6.45, 7) is 2.08. The highest BCUT2D eigenvalue weighted by Gasteiger charge is 2.31. The van der Waals surface area contributed by atoms with Crippen LogP contribution < -0.4 is 9.64 Å². The van der Waals surface area contributed by atoms with Crippen LogP contribution in [0.4, 0.5) is 5.82 Å². The maximum absolute atomic E-state index is 13.5. The molecule has 0 bridgehead atoms. The van der Waals surface area contributed by atoms with Gasteiger partial charge in [0.25, 0.3) is 0 Å². The van der Waals surface area contributed by atoms with Gasteiger partial charge < -0.3 is 14.5 Å². The van der Waals surface area contributed by atoms with Gasteiger partial charge >= 0.3 is 0 Å². The molecule has 1 aromatic heterocycles. The molecule has 4 rings (SSSR count). The number of rotatable bonds is 6. The molecule has 7 nitrogen and oxygen atoms in total. The summed E-state index contributed by atoms with van der Waals surface area (Å²) in [5.74, 6) is 0.0660. The molecule has 1 unspecified atom stereocenters. The van der Waals surface area contributed by atoms with Crippen LogP contribution in [-0.4, -0.2) is 48.0 Å². The number of hydrogen-bond donors (Lipinski definition) is 0. The fourth-order valence-electron chi connectivity index (χ4n) is 4.29. The minimum atomic E-state index is -1.03. The fraction of sp³-hybridized carbons (Fsp3) is 0.385. The van der Waals surface area contributed by atoms with E-state index in [1.165, 1.54) is 12.8 Å². The van der Waals surface area contributed by atoms with Gasteiger partial charge in [-0.3, -0.25) is 4.79 Å². The maximum Gasteiger partial charge on any atom is 0.246 e. The number of fused-ring (bicyclic) bond motifs is 1. The molecule has 0 N–H and O–H groups in total. The minimum absolute atomic E-state index is 0.291. The number of anilines is 1. The largest absolute Gasteiger partial charge is 0.497 e. The van der Waals surface area contributed by atoms with E-state index in [2.05, 4.69) is 11.0 Å². The highest BCUT2D eigenvalue weighted by Crippen LogP contribution is 2.30. The zero-order valence-corrected chi connectivity index (χ0v) is 19.2. The molecule has 0 aliphatic carbocycles. The number of ether oxygens (including phenoxy) is 1. The van der Waals surface area contributed by atoms with E-state index in [0.717, 1.165) is 42.8 Å². The number of hydrogen-bond acceptors (Lipinski definition) is 6. The maximum atomic E-state index is 13.5. The van der Waals surface area contributed by atoms with Crippen molar-refractivity contribution in [3.8, 4) is 11.8 Å². The van der Waals surface area contributed by atoms with E-state index in [9.17, 15) is 10.1 Å². The zero-order valence-electron chi connectivity index (χ0n) is 19.2. The summed E-state index contributed by atoms with van der Waals surface area (Å²) in [7, 11) is 3.33. The second kappa shape index (κ2) is 10.3. The van der Waals surface area contributed by atoms with Gasteiger partial charge in [0.15, 0.2) is 11.7 Å². The molecule has 2 heterocycles. The van der Waals surface area contributed by atoms with Gasteiger partial charge in [0.1, 0.15) is 11.4 Å².